The average Bonchev–Trinajstić information content (AvgIpc) is 2.15. The van der Waals surface area contributed by atoms with Crippen LogP contribution in [0.3, 0.4) is 0 Å². The Morgan fingerprint density at radius 2 is 1.60 bits per heavy atom. The van der Waals surface area contributed by atoms with Crippen LogP contribution in [-0.4, -0.2) is 0 Å². The first-order valence-electron chi connectivity index (χ1n) is 4.49. The van der Waals surface area contributed by atoms with Crippen molar-refractivity contribution < 1.29 is 4.57 Å². The second-order valence-corrected chi connectivity index (χ2v) is 11.9. The summed E-state index contributed by atoms with van der Waals surface area (Å²) in [5, 5.41) is 0.770. The van der Waals surface area contributed by atoms with Crippen LogP contribution in [0, 0.1) is 0 Å². The molecule has 1 atom stereocenters. The fraction of sp³-hybridized carbons (Fsp3) is 0.400. The molecular formula is C10H13OPS3. The van der Waals surface area contributed by atoms with Crippen LogP contribution in [0.1, 0.15) is 26.3 Å². The second-order valence-electron chi connectivity index (χ2n) is 4.27. The van der Waals surface area contributed by atoms with Crippen LogP contribution in [0.15, 0.2) is 24.3 Å². The largest absolute Gasteiger partial charge is 0.265 e. The fourth-order valence-corrected chi connectivity index (χ4v) is 4.16. The molecule has 1 unspecified atom stereocenters. The van der Waals surface area contributed by atoms with Crippen LogP contribution < -0.4 is 5.30 Å². The Labute approximate surface area is 102 Å². The lowest BCUT2D eigenvalue weighted by atomic mass is 9.87. The summed E-state index contributed by atoms with van der Waals surface area (Å²) in [7, 11) is -0.863. The van der Waals surface area contributed by atoms with Gasteiger partial charge in [-0.3, -0.25) is 4.57 Å². The van der Waals surface area contributed by atoms with Gasteiger partial charge in [0.1, 0.15) is 0 Å². The van der Waals surface area contributed by atoms with Crippen LogP contribution in [-0.2, 0) is 39.5 Å². The van der Waals surface area contributed by atoms with Crippen molar-refractivity contribution in [2.45, 2.75) is 26.2 Å². The first kappa shape index (κ1) is 13.0. The Hall–Kier alpha value is -0.0200. The third kappa shape index (κ3) is 3.49. The maximum absolute atomic E-state index is 11.7. The quantitative estimate of drug-likeness (QED) is 0.734. The summed E-state index contributed by atoms with van der Waals surface area (Å²) >= 11 is 9.70. The van der Waals surface area contributed by atoms with Crippen molar-refractivity contribution >= 4 is 41.4 Å². The van der Waals surface area contributed by atoms with Crippen molar-refractivity contribution in [2.24, 2.45) is 0 Å². The van der Waals surface area contributed by atoms with Gasteiger partial charge in [0.2, 0.25) is 0 Å². The van der Waals surface area contributed by atoms with Gasteiger partial charge in [0.05, 0.1) is 0 Å². The first-order valence-corrected chi connectivity index (χ1v) is 9.43. The molecule has 0 aliphatic carbocycles. The molecule has 0 radical (unpaired) electrons. The van der Waals surface area contributed by atoms with Gasteiger partial charge in [-0.05, 0) is 52.7 Å². The third-order valence-corrected chi connectivity index (χ3v) is 6.95. The van der Waals surface area contributed by atoms with E-state index >= 15 is 0 Å². The molecule has 0 fully saturated rings. The van der Waals surface area contributed by atoms with Crippen molar-refractivity contribution in [3.8, 4) is 0 Å². The monoisotopic (exact) mass is 276 g/mol. The van der Waals surface area contributed by atoms with Crippen LogP contribution in [0.25, 0.3) is 0 Å². The Morgan fingerprint density at radius 1 is 1.13 bits per heavy atom. The van der Waals surface area contributed by atoms with Crippen LogP contribution in [0.2, 0.25) is 0 Å². The van der Waals surface area contributed by atoms with Crippen molar-refractivity contribution in [1.29, 1.82) is 0 Å². The molecule has 1 nitrogen and oxygen atoms in total. The summed E-state index contributed by atoms with van der Waals surface area (Å²) in [4.78, 5) is 0. The number of benzene rings is 1. The molecule has 1 aromatic carbocycles. The van der Waals surface area contributed by atoms with E-state index in [4.69, 9.17) is 22.4 Å². The molecule has 1 rings (SSSR count). The minimum absolute atomic E-state index is 0.119. The van der Waals surface area contributed by atoms with E-state index in [2.05, 4.69) is 20.8 Å². The van der Waals surface area contributed by atoms with E-state index in [-0.39, 0.29) is 5.41 Å². The molecule has 0 bridgehead atoms. The SMILES string of the molecule is CC(C)(C)c1ccc(P(=O)=S(=S)=S)cc1. The van der Waals surface area contributed by atoms with E-state index in [1.165, 1.54) is 5.56 Å². The van der Waals surface area contributed by atoms with E-state index in [0.29, 0.717) is 0 Å². The molecule has 0 heterocycles. The molecule has 5 heteroatoms. The Morgan fingerprint density at radius 3 is 1.93 bits per heavy atom. The third-order valence-electron chi connectivity index (χ3n) is 2.08. The highest BCUT2D eigenvalue weighted by Gasteiger charge is 2.12. The molecule has 0 saturated heterocycles. The van der Waals surface area contributed by atoms with Crippen molar-refractivity contribution in [1.82, 2.24) is 0 Å². The highest BCUT2D eigenvalue weighted by molar-refractivity contribution is 8.57. The summed E-state index contributed by atoms with van der Waals surface area (Å²) in [6.07, 6.45) is 0. The highest BCUT2D eigenvalue weighted by atomic mass is 33.2. The van der Waals surface area contributed by atoms with Gasteiger partial charge in [-0.1, -0.05) is 32.9 Å². The zero-order chi connectivity index (χ0) is 11.6. The van der Waals surface area contributed by atoms with Gasteiger partial charge in [0, 0.05) is 5.30 Å². The molecule has 0 spiro atoms. The maximum Gasteiger partial charge on any atom is 0.198 e. The molecule has 1 aromatic rings. The first-order chi connectivity index (χ1) is 6.82. The molecule has 0 N–H and O–H groups in total. The smallest absolute Gasteiger partial charge is 0.198 e. The van der Waals surface area contributed by atoms with E-state index in [9.17, 15) is 4.57 Å². The standard InChI is InChI=1S/C10H13OPS3/c1-10(2,3)8-4-6-9(7-5-8)12(11)15(13)14/h4-7H,1-3H3. The lowest BCUT2D eigenvalue weighted by Gasteiger charge is -2.18. The maximum atomic E-state index is 11.7. The lowest BCUT2D eigenvalue weighted by molar-refractivity contribution is 0.590. The summed E-state index contributed by atoms with van der Waals surface area (Å²) in [5.41, 5.74) is 1.34. The van der Waals surface area contributed by atoms with Gasteiger partial charge in [-0.2, -0.15) is 0 Å². The zero-order valence-electron chi connectivity index (χ0n) is 8.89. The number of hydrogen-bond donors (Lipinski definition) is 0. The predicted molar refractivity (Wildman–Crippen MR) is 74.5 cm³/mol. The van der Waals surface area contributed by atoms with Crippen molar-refractivity contribution in [2.75, 3.05) is 0 Å². The van der Waals surface area contributed by atoms with E-state index in [1.807, 2.05) is 24.3 Å². The summed E-state index contributed by atoms with van der Waals surface area (Å²) in [5.74, 6) is 0. The predicted octanol–water partition coefficient (Wildman–Crippen LogP) is 2.89. The second kappa shape index (κ2) is 4.88. The minimum atomic E-state index is -1.58. The molecule has 0 aliphatic heterocycles. The topological polar surface area (TPSA) is 17.1 Å². The highest BCUT2D eigenvalue weighted by Crippen LogP contribution is 2.21. The normalized spacial score (nSPS) is 12.3. The van der Waals surface area contributed by atoms with Gasteiger partial charge < -0.3 is 0 Å². The van der Waals surface area contributed by atoms with Crippen LogP contribution in [0.5, 0.6) is 0 Å². The van der Waals surface area contributed by atoms with Gasteiger partial charge in [0.25, 0.3) is 0 Å². The summed E-state index contributed by atoms with van der Waals surface area (Å²) < 4.78 is 11.7. The minimum Gasteiger partial charge on any atom is -0.265 e. The fourth-order valence-electron chi connectivity index (χ4n) is 1.17. The van der Waals surface area contributed by atoms with E-state index in [0.717, 1.165) is 5.30 Å². The molecule has 0 amide bonds. The molecule has 0 aliphatic rings. The van der Waals surface area contributed by atoms with E-state index < -0.39 is 13.8 Å². The van der Waals surface area contributed by atoms with Gasteiger partial charge >= 0.3 is 0 Å². The Kier molecular flexibility index (Phi) is 4.24. The number of rotatable bonds is 1. The molecule has 82 valence electrons. The molecular weight excluding hydrogens is 263 g/mol. The Bertz CT molecular complexity index is 521. The van der Waals surface area contributed by atoms with Gasteiger partial charge in [-0.15, -0.1) is 0 Å². The summed E-state index contributed by atoms with van der Waals surface area (Å²) in [6.45, 7) is 4.86. The summed E-state index contributed by atoms with van der Waals surface area (Å²) in [6, 6.07) is 7.75. The molecule has 15 heavy (non-hydrogen) atoms. The molecule has 0 saturated carbocycles. The van der Waals surface area contributed by atoms with Gasteiger partial charge in [0.15, 0.2) is 6.58 Å². The van der Waals surface area contributed by atoms with Crippen molar-refractivity contribution in [3.05, 3.63) is 29.8 Å². The van der Waals surface area contributed by atoms with Crippen LogP contribution in [0.4, 0.5) is 0 Å². The molecule has 0 aromatic heterocycles. The average molecular weight is 276 g/mol. The van der Waals surface area contributed by atoms with Crippen LogP contribution >= 0.6 is 6.58 Å². The Balaban J connectivity index is 3.24. The lowest BCUT2D eigenvalue weighted by Crippen LogP contribution is -2.11. The van der Waals surface area contributed by atoms with Gasteiger partial charge in [-0.25, -0.2) is 0 Å². The number of hydrogen-bond acceptors (Lipinski definition) is 3. The van der Waals surface area contributed by atoms with Crippen molar-refractivity contribution in [3.63, 3.8) is 0 Å². The van der Waals surface area contributed by atoms with E-state index in [1.54, 1.807) is 0 Å². The zero-order valence-corrected chi connectivity index (χ0v) is 12.2.